The van der Waals surface area contributed by atoms with Crippen LogP contribution in [-0.2, 0) is 16.6 Å². The third-order valence-corrected chi connectivity index (χ3v) is 7.85. The van der Waals surface area contributed by atoms with Gasteiger partial charge in [-0.25, -0.2) is 8.42 Å². The van der Waals surface area contributed by atoms with Gasteiger partial charge in [0.25, 0.3) is 15.9 Å². The number of amides is 1. The second-order valence-electron chi connectivity index (χ2n) is 7.68. The quantitative estimate of drug-likeness (QED) is 0.445. The maximum absolute atomic E-state index is 13.2. The zero-order chi connectivity index (χ0) is 23.9. The molecule has 0 atom stereocenters. The lowest BCUT2D eigenvalue weighted by molar-refractivity contribution is 0.0998. The van der Waals surface area contributed by atoms with E-state index in [2.05, 4.69) is 9.71 Å². The number of thiazole rings is 1. The zero-order valence-electron chi connectivity index (χ0n) is 18.4. The number of para-hydroxylation sites is 1. The second kappa shape index (κ2) is 8.62. The van der Waals surface area contributed by atoms with Gasteiger partial charge in [-0.1, -0.05) is 41.2 Å². The van der Waals surface area contributed by atoms with E-state index >= 15 is 0 Å². The van der Waals surface area contributed by atoms with E-state index in [1.807, 2.05) is 30.5 Å². The molecule has 0 bridgehead atoms. The van der Waals surface area contributed by atoms with Gasteiger partial charge in [0.1, 0.15) is 0 Å². The molecule has 1 aromatic heterocycles. The molecule has 34 heavy (non-hydrogen) atoms. The Morgan fingerprint density at radius 3 is 2.53 bits per heavy atom. The van der Waals surface area contributed by atoms with Gasteiger partial charge < -0.3 is 14.0 Å². The molecule has 1 aliphatic heterocycles. The van der Waals surface area contributed by atoms with Crippen LogP contribution < -0.4 is 19.0 Å². The number of aryl methyl sites for hydroxylation is 2. The Kier molecular flexibility index (Phi) is 5.62. The van der Waals surface area contributed by atoms with Gasteiger partial charge in [0, 0.05) is 18.7 Å². The molecule has 0 unspecified atom stereocenters. The Balaban J connectivity index is 1.53. The Morgan fingerprint density at radius 1 is 1.09 bits per heavy atom. The lowest BCUT2D eigenvalue weighted by Crippen LogP contribution is -2.18. The van der Waals surface area contributed by atoms with Crippen molar-refractivity contribution in [3.05, 3.63) is 76.6 Å². The van der Waals surface area contributed by atoms with Crippen LogP contribution in [-0.4, -0.2) is 25.7 Å². The molecule has 5 rings (SSSR count). The van der Waals surface area contributed by atoms with Gasteiger partial charge in [0.2, 0.25) is 6.79 Å². The maximum atomic E-state index is 13.2. The highest BCUT2D eigenvalue weighted by Gasteiger charge is 2.20. The van der Waals surface area contributed by atoms with Gasteiger partial charge in [-0.15, -0.1) is 0 Å². The number of nitrogens with zero attached hydrogens (tertiary/aromatic N) is 2. The van der Waals surface area contributed by atoms with Crippen molar-refractivity contribution in [2.45, 2.75) is 25.3 Å². The number of ether oxygens (including phenoxy) is 2. The SMILES string of the molecule is CCn1c(=NC(=O)c2ccccc2NS(=O)(=O)c2ccc(C)cc2)sc2cc3c(cc21)OCO3. The molecular weight excluding hydrogens is 474 g/mol. The molecule has 0 radical (unpaired) electrons. The molecule has 0 spiro atoms. The fourth-order valence-corrected chi connectivity index (χ4v) is 5.86. The number of hydrogen-bond donors (Lipinski definition) is 1. The number of nitrogens with one attached hydrogen (secondary N) is 1. The van der Waals surface area contributed by atoms with Crippen molar-refractivity contribution >= 4 is 43.2 Å². The Labute approximate surface area is 200 Å². The van der Waals surface area contributed by atoms with Crippen molar-refractivity contribution in [2.75, 3.05) is 11.5 Å². The van der Waals surface area contributed by atoms with Gasteiger partial charge in [0.05, 0.1) is 26.4 Å². The van der Waals surface area contributed by atoms with Crippen LogP contribution >= 0.6 is 11.3 Å². The van der Waals surface area contributed by atoms with Crippen molar-refractivity contribution in [2.24, 2.45) is 4.99 Å². The number of sulfonamides is 1. The first-order valence-electron chi connectivity index (χ1n) is 10.6. The summed E-state index contributed by atoms with van der Waals surface area (Å²) >= 11 is 1.36. The summed E-state index contributed by atoms with van der Waals surface area (Å²) in [7, 11) is -3.87. The van der Waals surface area contributed by atoms with E-state index in [0.29, 0.717) is 22.8 Å². The van der Waals surface area contributed by atoms with Gasteiger partial charge >= 0.3 is 0 Å². The molecule has 4 aromatic rings. The van der Waals surface area contributed by atoms with Crippen molar-refractivity contribution in [1.29, 1.82) is 0 Å². The average Bonchev–Trinajstić information content (AvgIpc) is 3.40. The second-order valence-corrected chi connectivity index (χ2v) is 10.4. The molecule has 174 valence electrons. The standard InChI is InChI=1S/C24H21N3O5S2/c1-3-27-19-12-20-21(32-14-31-20)13-22(19)33-24(27)25-23(28)17-6-4-5-7-18(17)26-34(29,30)16-10-8-15(2)9-11-16/h4-13,26H,3,14H2,1-2H3. The monoisotopic (exact) mass is 495 g/mol. The highest BCUT2D eigenvalue weighted by molar-refractivity contribution is 7.92. The highest BCUT2D eigenvalue weighted by atomic mass is 32.2. The molecule has 0 fully saturated rings. The molecule has 0 saturated carbocycles. The van der Waals surface area contributed by atoms with Crippen molar-refractivity contribution < 1.29 is 22.7 Å². The van der Waals surface area contributed by atoms with Crippen molar-refractivity contribution in [3.8, 4) is 11.5 Å². The van der Waals surface area contributed by atoms with Gasteiger partial charge in [-0.3, -0.25) is 9.52 Å². The largest absolute Gasteiger partial charge is 0.454 e. The van der Waals surface area contributed by atoms with Gasteiger partial charge in [-0.05, 0) is 38.1 Å². The molecule has 0 aliphatic carbocycles. The molecule has 1 aliphatic rings. The van der Waals surface area contributed by atoms with Gasteiger partial charge in [0.15, 0.2) is 16.3 Å². The summed E-state index contributed by atoms with van der Waals surface area (Å²) in [5.74, 6) is 0.767. The first-order valence-corrected chi connectivity index (χ1v) is 12.9. The molecule has 3 aromatic carbocycles. The van der Waals surface area contributed by atoms with Crippen molar-refractivity contribution in [1.82, 2.24) is 4.57 Å². The number of aromatic nitrogens is 1. The lowest BCUT2D eigenvalue weighted by Gasteiger charge is -2.11. The predicted molar refractivity (Wildman–Crippen MR) is 130 cm³/mol. The fourth-order valence-electron chi connectivity index (χ4n) is 3.68. The number of rotatable bonds is 5. The number of carbonyl (C=O) groups excluding carboxylic acids is 1. The molecule has 1 N–H and O–H groups in total. The third-order valence-electron chi connectivity index (χ3n) is 5.42. The molecule has 8 nitrogen and oxygen atoms in total. The lowest BCUT2D eigenvalue weighted by atomic mass is 10.2. The number of anilines is 1. The Morgan fingerprint density at radius 2 is 1.79 bits per heavy atom. The van der Waals surface area contributed by atoms with Crippen LogP contribution in [0.2, 0.25) is 0 Å². The summed E-state index contributed by atoms with van der Waals surface area (Å²) in [5.41, 5.74) is 2.16. The van der Waals surface area contributed by atoms with E-state index in [9.17, 15) is 13.2 Å². The Hall–Kier alpha value is -3.63. The molecule has 2 heterocycles. The number of fused-ring (bicyclic) bond motifs is 2. The minimum atomic E-state index is -3.87. The van der Waals surface area contributed by atoms with Crippen LogP contribution in [0.25, 0.3) is 10.2 Å². The number of hydrogen-bond acceptors (Lipinski definition) is 6. The van der Waals surface area contributed by atoms with E-state index in [-0.39, 0.29) is 22.9 Å². The van der Waals surface area contributed by atoms with Crippen LogP contribution in [0.1, 0.15) is 22.8 Å². The third kappa shape index (κ3) is 4.06. The zero-order valence-corrected chi connectivity index (χ0v) is 20.1. The van der Waals surface area contributed by atoms with E-state index in [1.54, 1.807) is 36.4 Å². The summed E-state index contributed by atoms with van der Waals surface area (Å²) in [4.78, 5) is 18.1. The predicted octanol–water partition coefficient (Wildman–Crippen LogP) is 4.30. The van der Waals surface area contributed by atoms with Crippen LogP contribution in [0.15, 0.2) is 70.6 Å². The normalized spacial score (nSPS) is 13.4. The number of carbonyl (C=O) groups is 1. The fraction of sp³-hybridized carbons (Fsp3) is 0.167. The first-order chi connectivity index (χ1) is 16.4. The van der Waals surface area contributed by atoms with Crippen LogP contribution in [0, 0.1) is 6.92 Å². The highest BCUT2D eigenvalue weighted by Crippen LogP contribution is 2.37. The molecular formula is C24H21N3O5S2. The topological polar surface area (TPSA) is 99.0 Å². The van der Waals surface area contributed by atoms with E-state index in [4.69, 9.17) is 9.47 Å². The van der Waals surface area contributed by atoms with E-state index < -0.39 is 15.9 Å². The van der Waals surface area contributed by atoms with E-state index in [0.717, 1.165) is 15.8 Å². The summed E-state index contributed by atoms with van der Waals surface area (Å²) in [6.45, 7) is 4.62. The van der Waals surface area contributed by atoms with Crippen LogP contribution in [0.5, 0.6) is 11.5 Å². The summed E-state index contributed by atoms with van der Waals surface area (Å²) in [5, 5.41) is 0. The van der Waals surface area contributed by atoms with Gasteiger partial charge in [-0.2, -0.15) is 4.99 Å². The Bertz CT molecular complexity index is 1590. The average molecular weight is 496 g/mol. The summed E-state index contributed by atoms with van der Waals surface area (Å²) in [6.07, 6.45) is 0. The van der Waals surface area contributed by atoms with Crippen LogP contribution in [0.4, 0.5) is 5.69 Å². The molecule has 1 amide bonds. The first kappa shape index (κ1) is 22.2. The van der Waals surface area contributed by atoms with E-state index in [1.165, 1.54) is 23.5 Å². The number of benzene rings is 3. The minimum Gasteiger partial charge on any atom is -0.454 e. The molecule has 10 heteroatoms. The van der Waals surface area contributed by atoms with Crippen molar-refractivity contribution in [3.63, 3.8) is 0 Å². The minimum absolute atomic E-state index is 0.114. The summed E-state index contributed by atoms with van der Waals surface area (Å²) < 4.78 is 42.1. The maximum Gasteiger partial charge on any atom is 0.281 e. The molecule has 0 saturated heterocycles. The smallest absolute Gasteiger partial charge is 0.281 e. The summed E-state index contributed by atoms with van der Waals surface area (Å²) in [6, 6.07) is 16.7. The van der Waals surface area contributed by atoms with Crippen LogP contribution in [0.3, 0.4) is 0 Å².